The zero-order valence-corrected chi connectivity index (χ0v) is 14.1. The number of halogens is 1. The molecule has 1 fully saturated rings. The summed E-state index contributed by atoms with van der Waals surface area (Å²) in [6.07, 6.45) is 4.56. The van der Waals surface area contributed by atoms with Crippen molar-refractivity contribution in [1.82, 2.24) is 10.1 Å². The van der Waals surface area contributed by atoms with Crippen LogP contribution in [0.5, 0.6) is 0 Å². The second kappa shape index (κ2) is 7.07. The number of aromatic nitrogens is 2. The topological polar surface area (TPSA) is 68.0 Å². The Labute approximate surface area is 150 Å². The van der Waals surface area contributed by atoms with E-state index in [0.29, 0.717) is 23.3 Å². The van der Waals surface area contributed by atoms with Crippen molar-refractivity contribution in [1.29, 1.82) is 0 Å². The van der Waals surface area contributed by atoms with Crippen molar-refractivity contribution in [3.8, 4) is 11.4 Å². The standard InChI is InChI=1S/C20H18FN3O2/c21-17-11-4-3-10-16(17)19(25)22-15-9-5-8-14(12-15)18-23-20(26-24-18)13-6-1-2-7-13/h3-5,8-13H,1-2,6-7H2,(H,22,25). The maximum Gasteiger partial charge on any atom is 0.258 e. The van der Waals surface area contributed by atoms with E-state index in [4.69, 9.17) is 4.52 Å². The largest absolute Gasteiger partial charge is 0.339 e. The van der Waals surface area contributed by atoms with E-state index in [1.165, 1.54) is 25.0 Å². The van der Waals surface area contributed by atoms with Crippen molar-refractivity contribution >= 4 is 11.6 Å². The third kappa shape index (κ3) is 3.35. The SMILES string of the molecule is O=C(Nc1cccc(-c2noc(C3CCCC3)n2)c1)c1ccccc1F. The Hall–Kier alpha value is -3.02. The lowest BCUT2D eigenvalue weighted by molar-refractivity contribution is 0.102. The van der Waals surface area contributed by atoms with Gasteiger partial charge in [-0.15, -0.1) is 0 Å². The second-order valence-electron chi connectivity index (χ2n) is 6.45. The number of hydrogen-bond acceptors (Lipinski definition) is 4. The molecule has 1 aliphatic rings. The average Bonchev–Trinajstić information content (AvgIpc) is 3.34. The average molecular weight is 351 g/mol. The van der Waals surface area contributed by atoms with E-state index in [1.807, 2.05) is 6.07 Å². The fourth-order valence-corrected chi connectivity index (χ4v) is 3.27. The molecule has 26 heavy (non-hydrogen) atoms. The molecule has 2 aromatic carbocycles. The Balaban J connectivity index is 1.53. The van der Waals surface area contributed by atoms with Crippen molar-refractivity contribution in [2.75, 3.05) is 5.32 Å². The van der Waals surface area contributed by atoms with Crippen LogP contribution in [0.2, 0.25) is 0 Å². The Bertz CT molecular complexity index is 932. The summed E-state index contributed by atoms with van der Waals surface area (Å²) in [5.41, 5.74) is 1.29. The number of nitrogens with one attached hydrogen (secondary N) is 1. The molecule has 1 heterocycles. The third-order valence-electron chi connectivity index (χ3n) is 4.64. The van der Waals surface area contributed by atoms with Crippen LogP contribution in [0.15, 0.2) is 53.1 Å². The van der Waals surface area contributed by atoms with E-state index in [-0.39, 0.29) is 5.56 Å². The first-order chi connectivity index (χ1) is 12.7. The molecule has 6 heteroatoms. The molecule has 1 aromatic heterocycles. The van der Waals surface area contributed by atoms with Gasteiger partial charge in [-0.25, -0.2) is 4.39 Å². The Morgan fingerprint density at radius 3 is 2.73 bits per heavy atom. The number of amides is 1. The fraction of sp³-hybridized carbons (Fsp3) is 0.250. The summed E-state index contributed by atoms with van der Waals surface area (Å²) in [6, 6.07) is 13.0. The van der Waals surface area contributed by atoms with Gasteiger partial charge in [0.15, 0.2) is 0 Å². The molecule has 0 atom stereocenters. The highest BCUT2D eigenvalue weighted by molar-refractivity contribution is 6.04. The zero-order chi connectivity index (χ0) is 17.9. The van der Waals surface area contributed by atoms with Crippen LogP contribution in [0.3, 0.4) is 0 Å². The Morgan fingerprint density at radius 2 is 1.92 bits per heavy atom. The van der Waals surface area contributed by atoms with Crippen LogP contribution in [0, 0.1) is 5.82 Å². The van der Waals surface area contributed by atoms with Crippen LogP contribution in [0.25, 0.3) is 11.4 Å². The van der Waals surface area contributed by atoms with Gasteiger partial charge < -0.3 is 9.84 Å². The van der Waals surface area contributed by atoms with Crippen LogP contribution < -0.4 is 5.32 Å². The molecule has 0 spiro atoms. The highest BCUT2D eigenvalue weighted by Gasteiger charge is 2.23. The number of hydrogen-bond donors (Lipinski definition) is 1. The first-order valence-electron chi connectivity index (χ1n) is 8.70. The summed E-state index contributed by atoms with van der Waals surface area (Å²) >= 11 is 0. The summed E-state index contributed by atoms with van der Waals surface area (Å²) < 4.78 is 19.2. The Morgan fingerprint density at radius 1 is 1.12 bits per heavy atom. The summed E-state index contributed by atoms with van der Waals surface area (Å²) in [4.78, 5) is 16.8. The third-order valence-corrected chi connectivity index (χ3v) is 4.64. The van der Waals surface area contributed by atoms with Crippen molar-refractivity contribution in [2.24, 2.45) is 0 Å². The van der Waals surface area contributed by atoms with Crippen LogP contribution in [0.4, 0.5) is 10.1 Å². The van der Waals surface area contributed by atoms with Gasteiger partial charge in [-0.3, -0.25) is 4.79 Å². The quantitative estimate of drug-likeness (QED) is 0.734. The number of carbonyl (C=O) groups is 1. The molecule has 0 unspecified atom stereocenters. The molecular weight excluding hydrogens is 333 g/mol. The van der Waals surface area contributed by atoms with Crippen LogP contribution >= 0.6 is 0 Å². The molecule has 132 valence electrons. The van der Waals surface area contributed by atoms with Crippen molar-refractivity contribution in [2.45, 2.75) is 31.6 Å². The number of rotatable bonds is 4. The minimum atomic E-state index is -0.555. The summed E-state index contributed by atoms with van der Waals surface area (Å²) in [6.45, 7) is 0. The molecule has 0 bridgehead atoms. The molecule has 0 saturated heterocycles. The molecule has 1 amide bonds. The van der Waals surface area contributed by atoms with Crippen molar-refractivity contribution in [3.05, 3.63) is 65.8 Å². The maximum atomic E-state index is 13.7. The van der Waals surface area contributed by atoms with Gasteiger partial charge >= 0.3 is 0 Å². The normalized spacial score (nSPS) is 14.5. The molecule has 1 N–H and O–H groups in total. The van der Waals surface area contributed by atoms with Crippen LogP contribution in [-0.2, 0) is 0 Å². The lowest BCUT2D eigenvalue weighted by Crippen LogP contribution is -2.13. The predicted octanol–water partition coefficient (Wildman–Crippen LogP) is 4.79. The number of benzene rings is 2. The Kier molecular flexibility index (Phi) is 4.48. The smallest absolute Gasteiger partial charge is 0.258 e. The van der Waals surface area contributed by atoms with Gasteiger partial charge in [0.1, 0.15) is 5.82 Å². The minimum absolute atomic E-state index is 0.000911. The molecule has 5 nitrogen and oxygen atoms in total. The fourth-order valence-electron chi connectivity index (χ4n) is 3.27. The van der Waals surface area contributed by atoms with E-state index in [0.717, 1.165) is 18.4 Å². The van der Waals surface area contributed by atoms with Gasteiger partial charge in [0.25, 0.3) is 5.91 Å². The molecular formula is C20H18FN3O2. The van der Waals surface area contributed by atoms with Gasteiger partial charge in [0.05, 0.1) is 5.56 Å². The van der Waals surface area contributed by atoms with Gasteiger partial charge in [-0.2, -0.15) is 4.98 Å². The number of carbonyl (C=O) groups excluding carboxylic acids is 1. The second-order valence-corrected chi connectivity index (χ2v) is 6.45. The summed E-state index contributed by atoms with van der Waals surface area (Å²) in [7, 11) is 0. The summed E-state index contributed by atoms with van der Waals surface area (Å²) in [5, 5.41) is 6.77. The van der Waals surface area contributed by atoms with Crippen molar-refractivity contribution in [3.63, 3.8) is 0 Å². The van der Waals surface area contributed by atoms with Gasteiger partial charge in [-0.05, 0) is 37.1 Å². The molecule has 4 rings (SSSR count). The van der Waals surface area contributed by atoms with E-state index in [9.17, 15) is 9.18 Å². The van der Waals surface area contributed by atoms with Crippen LogP contribution in [0.1, 0.15) is 47.8 Å². The lowest BCUT2D eigenvalue weighted by Gasteiger charge is -2.07. The molecule has 0 aliphatic heterocycles. The van der Waals surface area contributed by atoms with E-state index in [1.54, 1.807) is 30.3 Å². The van der Waals surface area contributed by atoms with E-state index < -0.39 is 11.7 Å². The molecule has 1 aliphatic carbocycles. The summed E-state index contributed by atoms with van der Waals surface area (Å²) in [5.74, 6) is 0.466. The highest BCUT2D eigenvalue weighted by Crippen LogP contribution is 2.34. The number of nitrogens with zero attached hydrogens (tertiary/aromatic N) is 2. The predicted molar refractivity (Wildman–Crippen MR) is 95.3 cm³/mol. The minimum Gasteiger partial charge on any atom is -0.339 e. The molecule has 1 saturated carbocycles. The lowest BCUT2D eigenvalue weighted by atomic mass is 10.1. The van der Waals surface area contributed by atoms with Gasteiger partial charge in [0, 0.05) is 17.2 Å². The van der Waals surface area contributed by atoms with Crippen molar-refractivity contribution < 1.29 is 13.7 Å². The zero-order valence-electron chi connectivity index (χ0n) is 14.1. The first-order valence-corrected chi connectivity index (χ1v) is 8.70. The highest BCUT2D eigenvalue weighted by atomic mass is 19.1. The number of anilines is 1. The van der Waals surface area contributed by atoms with E-state index in [2.05, 4.69) is 15.5 Å². The molecule has 3 aromatic rings. The van der Waals surface area contributed by atoms with Gasteiger partial charge in [-0.1, -0.05) is 42.3 Å². The van der Waals surface area contributed by atoms with E-state index >= 15 is 0 Å². The van der Waals surface area contributed by atoms with Gasteiger partial charge in [0.2, 0.25) is 11.7 Å². The van der Waals surface area contributed by atoms with Crippen LogP contribution in [-0.4, -0.2) is 16.0 Å². The first kappa shape index (κ1) is 16.4. The monoisotopic (exact) mass is 351 g/mol. The molecule has 0 radical (unpaired) electrons. The maximum absolute atomic E-state index is 13.7.